The first-order valence-electron chi connectivity index (χ1n) is 5.76. The molecule has 2 N–H and O–H groups in total. The van der Waals surface area contributed by atoms with Gasteiger partial charge in [-0.3, -0.25) is 4.79 Å². The molecule has 0 radical (unpaired) electrons. The van der Waals surface area contributed by atoms with Crippen molar-refractivity contribution in [3.63, 3.8) is 0 Å². The van der Waals surface area contributed by atoms with Gasteiger partial charge in [0.25, 0.3) is 0 Å². The van der Waals surface area contributed by atoms with Gasteiger partial charge in [-0.15, -0.1) is 0 Å². The van der Waals surface area contributed by atoms with Gasteiger partial charge in [0, 0.05) is 19.6 Å². The van der Waals surface area contributed by atoms with Crippen LogP contribution in [0.3, 0.4) is 0 Å². The number of rotatable bonds is 5. The molecular weight excluding hydrogens is 192 g/mol. The highest BCUT2D eigenvalue weighted by Gasteiger charge is 2.20. The molecule has 0 bridgehead atoms. The second-order valence-corrected chi connectivity index (χ2v) is 4.54. The number of aliphatic hydroxyl groups is 1. The van der Waals surface area contributed by atoms with E-state index in [1.807, 2.05) is 11.8 Å². The highest BCUT2D eigenvalue weighted by molar-refractivity contribution is 5.78. The summed E-state index contributed by atoms with van der Waals surface area (Å²) in [7, 11) is 0. The van der Waals surface area contributed by atoms with Crippen LogP contribution in [-0.4, -0.2) is 47.7 Å². The molecule has 4 nitrogen and oxygen atoms in total. The van der Waals surface area contributed by atoms with Gasteiger partial charge in [0.1, 0.15) is 0 Å². The lowest BCUT2D eigenvalue weighted by atomic mass is 10.0. The van der Waals surface area contributed by atoms with Crippen LogP contribution in [0, 0.1) is 0 Å². The van der Waals surface area contributed by atoms with E-state index >= 15 is 0 Å². The quantitative estimate of drug-likeness (QED) is 0.695. The fourth-order valence-corrected chi connectivity index (χ4v) is 1.64. The van der Waals surface area contributed by atoms with Crippen molar-refractivity contribution in [1.82, 2.24) is 10.2 Å². The highest BCUT2D eigenvalue weighted by atomic mass is 16.3. The topological polar surface area (TPSA) is 52.6 Å². The van der Waals surface area contributed by atoms with E-state index in [4.69, 9.17) is 0 Å². The Morgan fingerprint density at radius 3 is 2.60 bits per heavy atom. The average Bonchev–Trinajstić information content (AvgIpc) is 2.70. The van der Waals surface area contributed by atoms with Crippen LogP contribution in [0.1, 0.15) is 33.1 Å². The van der Waals surface area contributed by atoms with Crippen molar-refractivity contribution in [2.24, 2.45) is 0 Å². The Bertz CT molecular complexity index is 211. The maximum atomic E-state index is 11.6. The van der Waals surface area contributed by atoms with Crippen molar-refractivity contribution < 1.29 is 9.90 Å². The Kier molecular flexibility index (Phi) is 4.54. The van der Waals surface area contributed by atoms with Crippen molar-refractivity contribution in [2.75, 3.05) is 26.2 Å². The molecule has 0 aromatic heterocycles. The molecule has 1 atom stereocenters. The Labute approximate surface area is 91.6 Å². The van der Waals surface area contributed by atoms with E-state index in [-0.39, 0.29) is 5.91 Å². The summed E-state index contributed by atoms with van der Waals surface area (Å²) in [6, 6.07) is 0. The minimum atomic E-state index is -0.703. The van der Waals surface area contributed by atoms with Crippen LogP contribution in [0.15, 0.2) is 0 Å². The van der Waals surface area contributed by atoms with Gasteiger partial charge in [-0.1, -0.05) is 6.92 Å². The second-order valence-electron chi connectivity index (χ2n) is 4.54. The molecule has 1 fully saturated rings. The van der Waals surface area contributed by atoms with E-state index in [0.29, 0.717) is 19.5 Å². The van der Waals surface area contributed by atoms with Crippen LogP contribution in [0.5, 0.6) is 0 Å². The number of hydrogen-bond acceptors (Lipinski definition) is 3. The second kappa shape index (κ2) is 5.47. The summed E-state index contributed by atoms with van der Waals surface area (Å²) in [5.74, 6) is 0.152. The molecule has 1 rings (SSSR count). The lowest BCUT2D eigenvalue weighted by Crippen LogP contribution is -2.42. The first kappa shape index (κ1) is 12.5. The Morgan fingerprint density at radius 1 is 1.47 bits per heavy atom. The van der Waals surface area contributed by atoms with E-state index < -0.39 is 5.60 Å². The summed E-state index contributed by atoms with van der Waals surface area (Å²) in [5.41, 5.74) is -0.703. The van der Waals surface area contributed by atoms with Gasteiger partial charge in [-0.05, 0) is 26.2 Å². The van der Waals surface area contributed by atoms with Crippen molar-refractivity contribution in [2.45, 2.75) is 38.7 Å². The fourth-order valence-electron chi connectivity index (χ4n) is 1.64. The predicted molar refractivity (Wildman–Crippen MR) is 59.6 cm³/mol. The Balaban J connectivity index is 2.16. The summed E-state index contributed by atoms with van der Waals surface area (Å²) in [5, 5.41) is 12.7. The zero-order valence-electron chi connectivity index (χ0n) is 9.75. The molecule has 1 unspecified atom stereocenters. The summed E-state index contributed by atoms with van der Waals surface area (Å²) in [6.45, 7) is 6.32. The third kappa shape index (κ3) is 4.18. The minimum Gasteiger partial charge on any atom is -0.389 e. The molecule has 0 aromatic carbocycles. The maximum Gasteiger partial charge on any atom is 0.236 e. The Hall–Kier alpha value is -0.610. The van der Waals surface area contributed by atoms with E-state index in [9.17, 15) is 9.90 Å². The number of carbonyl (C=O) groups is 1. The number of nitrogens with one attached hydrogen (secondary N) is 1. The molecule has 0 aliphatic carbocycles. The molecule has 0 spiro atoms. The van der Waals surface area contributed by atoms with Crippen LogP contribution in [0.25, 0.3) is 0 Å². The number of carbonyl (C=O) groups excluding carboxylic acids is 1. The molecule has 1 aliphatic rings. The molecule has 0 aromatic rings. The van der Waals surface area contributed by atoms with Gasteiger partial charge in [0.05, 0.1) is 12.1 Å². The van der Waals surface area contributed by atoms with Crippen LogP contribution >= 0.6 is 0 Å². The van der Waals surface area contributed by atoms with Crippen LogP contribution in [0.4, 0.5) is 0 Å². The highest BCUT2D eigenvalue weighted by Crippen LogP contribution is 2.08. The molecule has 1 saturated heterocycles. The number of amides is 1. The van der Waals surface area contributed by atoms with Crippen molar-refractivity contribution in [3.8, 4) is 0 Å². The fraction of sp³-hybridized carbons (Fsp3) is 0.909. The molecule has 15 heavy (non-hydrogen) atoms. The smallest absolute Gasteiger partial charge is 0.236 e. The maximum absolute atomic E-state index is 11.6. The third-order valence-corrected chi connectivity index (χ3v) is 3.00. The molecule has 1 heterocycles. The number of nitrogens with zero attached hydrogens (tertiary/aromatic N) is 1. The zero-order chi connectivity index (χ0) is 11.3. The van der Waals surface area contributed by atoms with E-state index in [1.54, 1.807) is 6.92 Å². The summed E-state index contributed by atoms with van der Waals surface area (Å²) >= 11 is 0. The van der Waals surface area contributed by atoms with Crippen LogP contribution in [-0.2, 0) is 4.79 Å². The van der Waals surface area contributed by atoms with Crippen molar-refractivity contribution in [3.05, 3.63) is 0 Å². The molecule has 4 heteroatoms. The Morgan fingerprint density at radius 2 is 2.07 bits per heavy atom. The number of likely N-dealkylation sites (tertiary alicyclic amines) is 1. The largest absolute Gasteiger partial charge is 0.389 e. The number of hydrogen-bond donors (Lipinski definition) is 2. The van der Waals surface area contributed by atoms with E-state index in [2.05, 4.69) is 5.32 Å². The first-order valence-corrected chi connectivity index (χ1v) is 5.76. The molecule has 0 saturated carbocycles. The molecule has 88 valence electrons. The summed E-state index contributed by atoms with van der Waals surface area (Å²) < 4.78 is 0. The minimum absolute atomic E-state index is 0.152. The van der Waals surface area contributed by atoms with Gasteiger partial charge in [-0.25, -0.2) is 0 Å². The van der Waals surface area contributed by atoms with Crippen molar-refractivity contribution >= 4 is 5.91 Å². The van der Waals surface area contributed by atoms with Gasteiger partial charge in [0.2, 0.25) is 5.91 Å². The third-order valence-electron chi connectivity index (χ3n) is 3.00. The molecule has 1 aliphatic heterocycles. The van der Waals surface area contributed by atoms with E-state index in [0.717, 1.165) is 25.9 Å². The molecular formula is C11H22N2O2. The predicted octanol–water partition coefficient (Wildman–Crippen LogP) is 0.359. The SMILES string of the molecule is CCC(C)(O)CNCC(=O)N1CCCC1. The van der Waals surface area contributed by atoms with Crippen LogP contribution < -0.4 is 5.32 Å². The van der Waals surface area contributed by atoms with Gasteiger partial charge >= 0.3 is 0 Å². The summed E-state index contributed by atoms with van der Waals surface area (Å²) in [4.78, 5) is 13.5. The van der Waals surface area contributed by atoms with Gasteiger partial charge < -0.3 is 15.3 Å². The van der Waals surface area contributed by atoms with Crippen molar-refractivity contribution in [1.29, 1.82) is 0 Å². The monoisotopic (exact) mass is 214 g/mol. The average molecular weight is 214 g/mol. The van der Waals surface area contributed by atoms with E-state index in [1.165, 1.54) is 0 Å². The standard InChI is InChI=1S/C11H22N2O2/c1-3-11(2,15)9-12-8-10(14)13-6-4-5-7-13/h12,15H,3-9H2,1-2H3. The first-order chi connectivity index (χ1) is 7.05. The van der Waals surface area contributed by atoms with Gasteiger partial charge in [-0.2, -0.15) is 0 Å². The van der Waals surface area contributed by atoms with Crippen LogP contribution in [0.2, 0.25) is 0 Å². The summed E-state index contributed by atoms with van der Waals surface area (Å²) in [6.07, 6.45) is 2.94. The lowest BCUT2D eigenvalue weighted by Gasteiger charge is -2.22. The zero-order valence-corrected chi connectivity index (χ0v) is 9.75. The normalized spacial score (nSPS) is 20.3. The lowest BCUT2D eigenvalue weighted by molar-refractivity contribution is -0.129. The molecule has 1 amide bonds. The van der Waals surface area contributed by atoms with Gasteiger partial charge in [0.15, 0.2) is 0 Å².